The van der Waals surface area contributed by atoms with Crippen LogP contribution < -0.4 is 5.32 Å². The number of aliphatic hydroxyl groups excluding tert-OH is 1. The van der Waals surface area contributed by atoms with Crippen LogP contribution in [0.15, 0.2) is 0 Å². The standard InChI is InChI=1S/C23H51N2O.CH4O3S/c1-5-7-8-9-10-11-12-13-14-15-16-17-18-19-20-24-21-23(26)22-25(3,4)6-2;1-5(2,3)4/h23-24,26H,5-22H2,1-4H3;1H3,(H,2,3,4)/q+1;/p-1. The van der Waals surface area contributed by atoms with Crippen LogP contribution in [0, 0.1) is 0 Å². The molecule has 0 bridgehead atoms. The van der Waals surface area contributed by atoms with Gasteiger partial charge < -0.3 is 19.5 Å². The van der Waals surface area contributed by atoms with Crippen LogP contribution in [0.1, 0.15) is 104 Å². The van der Waals surface area contributed by atoms with Crippen LogP contribution in [0.2, 0.25) is 0 Å². The van der Waals surface area contributed by atoms with Crippen molar-refractivity contribution in [3.8, 4) is 0 Å². The van der Waals surface area contributed by atoms with E-state index in [-0.39, 0.29) is 6.10 Å². The summed E-state index contributed by atoms with van der Waals surface area (Å²) in [6.07, 6.45) is 20.1. The molecule has 1 unspecified atom stereocenters. The third kappa shape index (κ3) is 34.6. The highest BCUT2D eigenvalue weighted by molar-refractivity contribution is 7.84. The van der Waals surface area contributed by atoms with Crippen LogP contribution in [-0.4, -0.2) is 75.2 Å². The van der Waals surface area contributed by atoms with E-state index in [2.05, 4.69) is 33.3 Å². The van der Waals surface area contributed by atoms with Crippen LogP contribution in [0.4, 0.5) is 0 Å². The number of rotatable bonds is 20. The number of nitrogens with zero attached hydrogens (tertiary/aromatic N) is 1. The van der Waals surface area contributed by atoms with Crippen molar-refractivity contribution >= 4 is 10.1 Å². The first-order chi connectivity index (χ1) is 14.5. The van der Waals surface area contributed by atoms with Gasteiger partial charge in [-0.3, -0.25) is 0 Å². The Kier molecular flexibility index (Phi) is 23.0. The normalized spacial score (nSPS) is 13.0. The summed E-state index contributed by atoms with van der Waals surface area (Å²) < 4.78 is 28.1. The molecule has 0 aromatic rings. The highest BCUT2D eigenvalue weighted by Gasteiger charge is 2.17. The minimum atomic E-state index is -3.92. The molecule has 6 nitrogen and oxygen atoms in total. The third-order valence-corrected chi connectivity index (χ3v) is 5.65. The Bertz CT molecular complexity index is 462. The molecule has 2 N–H and O–H groups in total. The molecular weight excluding hydrogens is 412 g/mol. The summed E-state index contributed by atoms with van der Waals surface area (Å²) in [5.74, 6) is 0. The first-order valence-electron chi connectivity index (χ1n) is 12.6. The lowest BCUT2D eigenvalue weighted by Crippen LogP contribution is -2.47. The van der Waals surface area contributed by atoms with Gasteiger partial charge >= 0.3 is 0 Å². The maximum Gasteiger partial charge on any atom is 0.115 e. The van der Waals surface area contributed by atoms with E-state index in [9.17, 15) is 5.11 Å². The molecule has 0 aliphatic heterocycles. The van der Waals surface area contributed by atoms with Gasteiger partial charge in [-0.15, -0.1) is 0 Å². The summed E-state index contributed by atoms with van der Waals surface area (Å²) in [7, 11) is 0.438. The van der Waals surface area contributed by atoms with E-state index in [1.54, 1.807) is 0 Å². The summed E-state index contributed by atoms with van der Waals surface area (Å²) in [6.45, 7) is 8.15. The fraction of sp³-hybridized carbons (Fsp3) is 1.00. The van der Waals surface area contributed by atoms with Gasteiger partial charge in [0.25, 0.3) is 0 Å². The van der Waals surface area contributed by atoms with E-state index in [1.807, 2.05) is 0 Å². The lowest BCUT2D eigenvalue weighted by Gasteiger charge is -2.30. The van der Waals surface area contributed by atoms with Crippen LogP contribution >= 0.6 is 0 Å². The number of hydrogen-bond donors (Lipinski definition) is 2. The first kappa shape index (κ1) is 33.0. The minimum absolute atomic E-state index is 0.225. The average Bonchev–Trinajstić information content (AvgIpc) is 2.66. The van der Waals surface area contributed by atoms with Gasteiger partial charge in [-0.25, -0.2) is 8.42 Å². The monoisotopic (exact) mass is 466 g/mol. The molecule has 0 rings (SSSR count). The van der Waals surface area contributed by atoms with Gasteiger partial charge in [0.1, 0.15) is 12.6 Å². The number of unbranched alkanes of at least 4 members (excludes halogenated alkanes) is 13. The molecule has 0 amide bonds. The number of quaternary nitrogens is 1. The molecule has 31 heavy (non-hydrogen) atoms. The highest BCUT2D eigenvalue weighted by Crippen LogP contribution is 2.12. The van der Waals surface area contributed by atoms with Crippen molar-refractivity contribution in [1.29, 1.82) is 0 Å². The van der Waals surface area contributed by atoms with Crippen LogP contribution in [0.5, 0.6) is 0 Å². The predicted molar refractivity (Wildman–Crippen MR) is 132 cm³/mol. The molecule has 0 saturated heterocycles. The lowest BCUT2D eigenvalue weighted by atomic mass is 10.0. The van der Waals surface area contributed by atoms with Crippen molar-refractivity contribution in [3.05, 3.63) is 0 Å². The molecule has 0 aliphatic rings. The Morgan fingerprint density at radius 1 is 0.806 bits per heavy atom. The minimum Gasteiger partial charge on any atom is -0.748 e. The quantitative estimate of drug-likeness (QED) is 0.154. The Morgan fingerprint density at radius 2 is 1.16 bits per heavy atom. The Morgan fingerprint density at radius 3 is 1.52 bits per heavy atom. The predicted octanol–water partition coefficient (Wildman–Crippen LogP) is 4.68. The SMILES string of the molecule is CCCCCCCCCCCCCCCCNCC(O)C[N+](C)(C)CC.CS(=O)(=O)[O-]. The molecule has 0 aliphatic carbocycles. The zero-order chi connectivity index (χ0) is 24.0. The molecule has 0 saturated carbocycles. The maximum atomic E-state index is 10.1. The highest BCUT2D eigenvalue weighted by atomic mass is 32.2. The number of aliphatic hydroxyl groups is 1. The maximum absolute atomic E-state index is 10.1. The molecule has 0 spiro atoms. The molecule has 0 aromatic carbocycles. The topological polar surface area (TPSA) is 89.5 Å². The summed E-state index contributed by atoms with van der Waals surface area (Å²) in [5, 5.41) is 13.5. The van der Waals surface area contributed by atoms with E-state index in [1.165, 1.54) is 89.9 Å². The summed E-state index contributed by atoms with van der Waals surface area (Å²) in [4.78, 5) is 0. The summed E-state index contributed by atoms with van der Waals surface area (Å²) >= 11 is 0. The van der Waals surface area contributed by atoms with E-state index < -0.39 is 10.1 Å². The average molecular weight is 467 g/mol. The second-order valence-corrected chi connectivity index (χ2v) is 11.0. The molecule has 1 atom stereocenters. The largest absolute Gasteiger partial charge is 0.748 e. The summed E-state index contributed by atoms with van der Waals surface area (Å²) in [6, 6.07) is 0. The second kappa shape index (κ2) is 21.6. The molecular formula is C24H54N2O4S. The van der Waals surface area contributed by atoms with Gasteiger partial charge in [-0.05, 0) is 19.9 Å². The number of likely N-dealkylation sites (N-methyl/N-ethyl adjacent to an activating group) is 1. The van der Waals surface area contributed by atoms with Gasteiger partial charge in [-0.2, -0.15) is 0 Å². The molecule has 0 heterocycles. The van der Waals surface area contributed by atoms with Crippen molar-refractivity contribution in [1.82, 2.24) is 5.32 Å². The molecule has 7 heteroatoms. The van der Waals surface area contributed by atoms with Crippen LogP contribution in [0.25, 0.3) is 0 Å². The van der Waals surface area contributed by atoms with E-state index >= 15 is 0 Å². The summed E-state index contributed by atoms with van der Waals surface area (Å²) in [5.41, 5.74) is 0. The van der Waals surface area contributed by atoms with Crippen molar-refractivity contribution in [2.45, 2.75) is 110 Å². The van der Waals surface area contributed by atoms with Gasteiger partial charge in [0.2, 0.25) is 0 Å². The smallest absolute Gasteiger partial charge is 0.115 e. The van der Waals surface area contributed by atoms with E-state index in [0.29, 0.717) is 6.26 Å². The Labute approximate surface area is 194 Å². The fourth-order valence-electron chi connectivity index (χ4n) is 3.48. The van der Waals surface area contributed by atoms with Gasteiger partial charge in [-0.1, -0.05) is 90.4 Å². The number of nitrogens with one attached hydrogen (secondary N) is 1. The fourth-order valence-corrected chi connectivity index (χ4v) is 3.48. The number of hydrogen-bond acceptors (Lipinski definition) is 5. The van der Waals surface area contributed by atoms with Crippen molar-refractivity contribution in [2.75, 3.05) is 46.5 Å². The Balaban J connectivity index is 0. The molecule has 190 valence electrons. The van der Waals surface area contributed by atoms with Gasteiger partial charge in [0.15, 0.2) is 0 Å². The third-order valence-electron chi connectivity index (χ3n) is 5.65. The second-order valence-electron chi connectivity index (χ2n) is 9.59. The lowest BCUT2D eigenvalue weighted by molar-refractivity contribution is -0.891. The van der Waals surface area contributed by atoms with Crippen LogP contribution in [0.3, 0.4) is 0 Å². The van der Waals surface area contributed by atoms with Crippen molar-refractivity contribution in [2.24, 2.45) is 0 Å². The van der Waals surface area contributed by atoms with E-state index in [0.717, 1.165) is 30.7 Å². The molecule has 0 fully saturated rings. The van der Waals surface area contributed by atoms with Crippen LogP contribution in [-0.2, 0) is 10.1 Å². The van der Waals surface area contributed by atoms with Crippen molar-refractivity contribution in [3.63, 3.8) is 0 Å². The Hall–Kier alpha value is -0.210. The van der Waals surface area contributed by atoms with Gasteiger partial charge in [0.05, 0.1) is 30.8 Å². The molecule has 0 aromatic heterocycles. The van der Waals surface area contributed by atoms with Gasteiger partial charge in [0, 0.05) is 12.8 Å². The molecule has 0 radical (unpaired) electrons. The van der Waals surface area contributed by atoms with E-state index in [4.69, 9.17) is 13.0 Å². The zero-order valence-corrected chi connectivity index (χ0v) is 22.1. The first-order valence-corrected chi connectivity index (χ1v) is 14.4. The zero-order valence-electron chi connectivity index (χ0n) is 21.3. The van der Waals surface area contributed by atoms with Crippen molar-refractivity contribution < 1.29 is 22.6 Å².